The van der Waals surface area contributed by atoms with Crippen molar-refractivity contribution in [2.75, 3.05) is 6.26 Å². The van der Waals surface area contributed by atoms with Crippen molar-refractivity contribution in [1.82, 2.24) is 5.32 Å². The molecule has 1 fully saturated rings. The molecule has 0 aromatic heterocycles. The molecule has 0 heterocycles. The number of carbonyl (C=O) groups excluding carboxylic acids is 1. The Hall–Kier alpha value is -0.960. The van der Waals surface area contributed by atoms with Gasteiger partial charge in [-0.05, 0) is 43.7 Å². The van der Waals surface area contributed by atoms with Crippen molar-refractivity contribution in [1.29, 1.82) is 0 Å². The van der Waals surface area contributed by atoms with E-state index in [1.165, 1.54) is 19.3 Å². The largest absolute Gasteiger partial charge is 0.349 e. The van der Waals surface area contributed by atoms with Crippen molar-refractivity contribution < 1.29 is 4.79 Å². The molecule has 0 unspecified atom stereocenters. The minimum atomic E-state index is 0.0929. The van der Waals surface area contributed by atoms with Crippen LogP contribution in [0.5, 0.6) is 0 Å². The first-order chi connectivity index (χ1) is 8.70. The van der Waals surface area contributed by atoms with Crippen LogP contribution in [-0.2, 0) is 0 Å². The van der Waals surface area contributed by atoms with Gasteiger partial charge in [-0.3, -0.25) is 4.79 Å². The second-order valence-electron chi connectivity index (χ2n) is 4.99. The normalized spacial score (nSPS) is 16.6. The molecule has 0 atom stereocenters. The summed E-state index contributed by atoms with van der Waals surface area (Å²) in [7, 11) is 0. The van der Waals surface area contributed by atoms with Crippen molar-refractivity contribution in [3.05, 3.63) is 29.3 Å². The van der Waals surface area contributed by atoms with E-state index in [0.717, 1.165) is 28.9 Å². The van der Waals surface area contributed by atoms with E-state index >= 15 is 0 Å². The zero-order valence-electron chi connectivity index (χ0n) is 11.2. The quantitative estimate of drug-likeness (QED) is 0.841. The summed E-state index contributed by atoms with van der Waals surface area (Å²) >= 11 is 1.68. The van der Waals surface area contributed by atoms with Gasteiger partial charge >= 0.3 is 0 Å². The fourth-order valence-electron chi connectivity index (χ4n) is 2.48. The standard InChI is InChI=1S/C15H21NOS/c1-11-8-9-13(18-2)10-14(11)15(17)16-12-6-4-3-5-7-12/h8-10,12H,3-7H2,1-2H3,(H,16,17). The van der Waals surface area contributed by atoms with Crippen LogP contribution in [0.2, 0.25) is 0 Å². The number of rotatable bonds is 3. The van der Waals surface area contributed by atoms with Gasteiger partial charge in [0.25, 0.3) is 5.91 Å². The number of nitrogens with one attached hydrogen (secondary N) is 1. The topological polar surface area (TPSA) is 29.1 Å². The molecule has 1 aromatic carbocycles. The summed E-state index contributed by atoms with van der Waals surface area (Å²) in [5, 5.41) is 3.18. The van der Waals surface area contributed by atoms with Gasteiger partial charge in [-0.25, -0.2) is 0 Å². The van der Waals surface area contributed by atoms with Crippen LogP contribution in [-0.4, -0.2) is 18.2 Å². The molecule has 2 rings (SSSR count). The van der Waals surface area contributed by atoms with Gasteiger partial charge in [-0.2, -0.15) is 0 Å². The van der Waals surface area contributed by atoms with Crippen LogP contribution in [0, 0.1) is 6.92 Å². The maximum absolute atomic E-state index is 12.3. The minimum absolute atomic E-state index is 0.0929. The molecule has 18 heavy (non-hydrogen) atoms. The zero-order valence-corrected chi connectivity index (χ0v) is 12.0. The summed E-state index contributed by atoms with van der Waals surface area (Å²) < 4.78 is 0. The first kappa shape index (κ1) is 13.5. The van der Waals surface area contributed by atoms with Crippen molar-refractivity contribution in [2.24, 2.45) is 0 Å². The van der Waals surface area contributed by atoms with E-state index in [4.69, 9.17) is 0 Å². The lowest BCUT2D eigenvalue weighted by atomic mass is 9.95. The molecule has 1 aromatic rings. The maximum Gasteiger partial charge on any atom is 0.251 e. The Morgan fingerprint density at radius 1 is 1.28 bits per heavy atom. The monoisotopic (exact) mass is 263 g/mol. The van der Waals surface area contributed by atoms with Gasteiger partial charge in [-0.1, -0.05) is 25.3 Å². The second-order valence-corrected chi connectivity index (χ2v) is 5.87. The van der Waals surface area contributed by atoms with Gasteiger partial charge in [0.15, 0.2) is 0 Å². The molecule has 0 saturated heterocycles. The lowest BCUT2D eigenvalue weighted by Crippen LogP contribution is -2.36. The Labute approximate surface area is 114 Å². The van der Waals surface area contributed by atoms with Crippen LogP contribution in [0.4, 0.5) is 0 Å². The van der Waals surface area contributed by atoms with Crippen LogP contribution < -0.4 is 5.32 Å². The molecule has 0 aliphatic heterocycles. The van der Waals surface area contributed by atoms with E-state index < -0.39 is 0 Å². The summed E-state index contributed by atoms with van der Waals surface area (Å²) in [5.41, 5.74) is 1.88. The first-order valence-electron chi connectivity index (χ1n) is 6.66. The highest BCUT2D eigenvalue weighted by Gasteiger charge is 2.17. The van der Waals surface area contributed by atoms with E-state index in [0.29, 0.717) is 6.04 Å². The Kier molecular flexibility index (Phi) is 4.70. The van der Waals surface area contributed by atoms with Gasteiger partial charge in [-0.15, -0.1) is 11.8 Å². The molecule has 2 nitrogen and oxygen atoms in total. The SMILES string of the molecule is CSc1ccc(C)c(C(=O)NC2CCCCC2)c1. The average Bonchev–Trinajstić information content (AvgIpc) is 2.40. The zero-order chi connectivity index (χ0) is 13.0. The molecule has 3 heteroatoms. The van der Waals surface area contributed by atoms with Gasteiger partial charge in [0.2, 0.25) is 0 Å². The highest BCUT2D eigenvalue weighted by Crippen LogP contribution is 2.21. The fraction of sp³-hybridized carbons (Fsp3) is 0.533. The average molecular weight is 263 g/mol. The van der Waals surface area contributed by atoms with Gasteiger partial charge < -0.3 is 5.32 Å². The van der Waals surface area contributed by atoms with E-state index in [1.54, 1.807) is 11.8 Å². The van der Waals surface area contributed by atoms with Crippen LogP contribution in [0.3, 0.4) is 0 Å². The van der Waals surface area contributed by atoms with Crippen molar-refractivity contribution in [3.63, 3.8) is 0 Å². The smallest absolute Gasteiger partial charge is 0.251 e. The highest BCUT2D eigenvalue weighted by molar-refractivity contribution is 7.98. The molecule has 1 aliphatic carbocycles. The highest BCUT2D eigenvalue weighted by atomic mass is 32.2. The molecule has 1 N–H and O–H groups in total. The number of aryl methyl sites for hydroxylation is 1. The van der Waals surface area contributed by atoms with Gasteiger partial charge in [0.05, 0.1) is 0 Å². The maximum atomic E-state index is 12.3. The Bertz CT molecular complexity index is 425. The Morgan fingerprint density at radius 2 is 2.00 bits per heavy atom. The fourth-order valence-corrected chi connectivity index (χ4v) is 2.92. The van der Waals surface area contributed by atoms with Gasteiger partial charge in [0.1, 0.15) is 0 Å². The number of benzene rings is 1. The van der Waals surface area contributed by atoms with Crippen molar-refractivity contribution in [3.8, 4) is 0 Å². The number of hydrogen-bond acceptors (Lipinski definition) is 2. The second kappa shape index (κ2) is 6.28. The van der Waals surface area contributed by atoms with E-state index in [-0.39, 0.29) is 5.91 Å². The summed E-state index contributed by atoms with van der Waals surface area (Å²) in [6, 6.07) is 6.47. The third-order valence-electron chi connectivity index (χ3n) is 3.63. The predicted molar refractivity (Wildman–Crippen MR) is 77.3 cm³/mol. The number of amides is 1. The minimum Gasteiger partial charge on any atom is -0.349 e. The molecule has 1 aliphatic rings. The van der Waals surface area contributed by atoms with E-state index in [2.05, 4.69) is 11.4 Å². The van der Waals surface area contributed by atoms with Crippen LogP contribution >= 0.6 is 11.8 Å². The molecule has 0 spiro atoms. The summed E-state index contributed by atoms with van der Waals surface area (Å²) in [6.07, 6.45) is 8.10. The lowest BCUT2D eigenvalue weighted by Gasteiger charge is -2.23. The van der Waals surface area contributed by atoms with Crippen molar-refractivity contribution in [2.45, 2.75) is 50.0 Å². The first-order valence-corrected chi connectivity index (χ1v) is 7.88. The summed E-state index contributed by atoms with van der Waals surface area (Å²) in [5.74, 6) is 0.0929. The molecule has 98 valence electrons. The van der Waals surface area contributed by atoms with E-state index in [1.807, 2.05) is 25.3 Å². The molecule has 1 amide bonds. The molecular formula is C15H21NOS. The molecule has 0 bridgehead atoms. The van der Waals surface area contributed by atoms with Crippen LogP contribution in [0.1, 0.15) is 48.0 Å². The predicted octanol–water partition coefficient (Wildman–Crippen LogP) is 3.78. The van der Waals surface area contributed by atoms with Crippen LogP contribution in [0.25, 0.3) is 0 Å². The molecule has 1 saturated carbocycles. The molecular weight excluding hydrogens is 242 g/mol. The van der Waals surface area contributed by atoms with Crippen molar-refractivity contribution >= 4 is 17.7 Å². The Balaban J connectivity index is 2.07. The molecule has 0 radical (unpaired) electrons. The summed E-state index contributed by atoms with van der Waals surface area (Å²) in [4.78, 5) is 13.4. The summed E-state index contributed by atoms with van der Waals surface area (Å²) in [6.45, 7) is 2.00. The third-order valence-corrected chi connectivity index (χ3v) is 4.36. The van der Waals surface area contributed by atoms with Crippen LogP contribution in [0.15, 0.2) is 23.1 Å². The number of carbonyl (C=O) groups is 1. The Morgan fingerprint density at radius 3 is 2.67 bits per heavy atom. The van der Waals surface area contributed by atoms with Gasteiger partial charge in [0, 0.05) is 16.5 Å². The number of thioether (sulfide) groups is 1. The van der Waals surface area contributed by atoms with E-state index in [9.17, 15) is 4.79 Å². The third kappa shape index (κ3) is 3.29. The number of hydrogen-bond donors (Lipinski definition) is 1. The lowest BCUT2D eigenvalue weighted by molar-refractivity contribution is 0.0927.